The van der Waals surface area contributed by atoms with Crippen molar-refractivity contribution < 1.29 is 4.39 Å². The molecule has 4 aromatic rings. The van der Waals surface area contributed by atoms with E-state index in [2.05, 4.69) is 20.4 Å². The fraction of sp³-hybridized carbons (Fsp3) is 0. The SMILES string of the molecule is Fc1ccc2nc(Nc3cnn(-c4ccncc4)c3)sc2c1. The van der Waals surface area contributed by atoms with Crippen LogP contribution in [0, 0.1) is 5.82 Å². The Kier molecular flexibility index (Phi) is 3.05. The Morgan fingerprint density at radius 1 is 1.14 bits per heavy atom. The third-order valence-corrected chi connectivity index (χ3v) is 4.05. The van der Waals surface area contributed by atoms with Crippen LogP contribution >= 0.6 is 11.3 Å². The molecular formula is C15H10FN5S. The molecule has 22 heavy (non-hydrogen) atoms. The van der Waals surface area contributed by atoms with Crippen LogP contribution in [0.25, 0.3) is 15.9 Å². The molecule has 0 atom stereocenters. The number of hydrogen-bond donors (Lipinski definition) is 1. The molecule has 5 nitrogen and oxygen atoms in total. The minimum Gasteiger partial charge on any atom is -0.329 e. The van der Waals surface area contributed by atoms with Gasteiger partial charge in [0.25, 0.3) is 0 Å². The van der Waals surface area contributed by atoms with Crippen molar-refractivity contribution in [3.8, 4) is 5.69 Å². The van der Waals surface area contributed by atoms with Gasteiger partial charge in [0.15, 0.2) is 5.13 Å². The molecule has 0 aliphatic rings. The number of halogens is 1. The van der Waals surface area contributed by atoms with Crippen molar-refractivity contribution in [3.63, 3.8) is 0 Å². The average molecular weight is 311 g/mol. The van der Waals surface area contributed by atoms with Gasteiger partial charge in [-0.3, -0.25) is 4.98 Å². The molecule has 0 fully saturated rings. The van der Waals surface area contributed by atoms with Gasteiger partial charge >= 0.3 is 0 Å². The zero-order valence-corrected chi connectivity index (χ0v) is 12.1. The zero-order valence-electron chi connectivity index (χ0n) is 11.3. The van der Waals surface area contributed by atoms with E-state index in [-0.39, 0.29) is 5.82 Å². The van der Waals surface area contributed by atoms with E-state index in [0.29, 0.717) is 5.13 Å². The summed E-state index contributed by atoms with van der Waals surface area (Å²) in [5, 5.41) is 8.19. The largest absolute Gasteiger partial charge is 0.329 e. The van der Waals surface area contributed by atoms with E-state index in [1.54, 1.807) is 29.3 Å². The number of aromatic nitrogens is 4. The normalized spacial score (nSPS) is 11.0. The summed E-state index contributed by atoms with van der Waals surface area (Å²) in [6, 6.07) is 8.31. The van der Waals surface area contributed by atoms with Gasteiger partial charge in [-0.15, -0.1) is 0 Å². The highest BCUT2D eigenvalue weighted by Crippen LogP contribution is 2.28. The van der Waals surface area contributed by atoms with Crippen LogP contribution in [-0.2, 0) is 0 Å². The summed E-state index contributed by atoms with van der Waals surface area (Å²) in [7, 11) is 0. The summed E-state index contributed by atoms with van der Waals surface area (Å²) >= 11 is 1.40. The lowest BCUT2D eigenvalue weighted by Crippen LogP contribution is -1.93. The number of anilines is 2. The predicted octanol–water partition coefficient (Wildman–Crippen LogP) is 3.76. The smallest absolute Gasteiger partial charge is 0.188 e. The Bertz CT molecular complexity index is 931. The second kappa shape index (κ2) is 5.19. The summed E-state index contributed by atoms with van der Waals surface area (Å²) in [6.07, 6.45) is 7.01. The number of nitrogens with zero attached hydrogens (tertiary/aromatic N) is 4. The Hall–Kier alpha value is -2.80. The highest BCUT2D eigenvalue weighted by Gasteiger charge is 2.07. The van der Waals surface area contributed by atoms with Crippen LogP contribution in [0.1, 0.15) is 0 Å². The minimum absolute atomic E-state index is 0.256. The van der Waals surface area contributed by atoms with E-state index in [0.717, 1.165) is 21.6 Å². The summed E-state index contributed by atoms with van der Waals surface area (Å²) in [5.41, 5.74) is 2.51. The molecule has 0 saturated carbocycles. The first kappa shape index (κ1) is 12.9. The van der Waals surface area contributed by atoms with Crippen molar-refractivity contribution in [3.05, 3.63) is 60.9 Å². The molecule has 0 unspecified atom stereocenters. The first-order valence-corrected chi connectivity index (χ1v) is 7.38. The maximum Gasteiger partial charge on any atom is 0.188 e. The summed E-state index contributed by atoms with van der Waals surface area (Å²) in [5.74, 6) is -0.256. The molecule has 0 radical (unpaired) electrons. The standard InChI is InChI=1S/C15H10FN5S/c16-10-1-2-13-14(7-10)22-15(20-13)19-11-8-18-21(9-11)12-3-5-17-6-4-12/h1-9H,(H,19,20). The van der Waals surface area contributed by atoms with Gasteiger partial charge in [0.05, 0.1) is 34.0 Å². The van der Waals surface area contributed by atoms with Crippen LogP contribution in [0.3, 0.4) is 0 Å². The molecule has 7 heteroatoms. The Morgan fingerprint density at radius 2 is 2.00 bits per heavy atom. The van der Waals surface area contributed by atoms with E-state index in [4.69, 9.17) is 0 Å². The molecule has 0 aliphatic carbocycles. The predicted molar refractivity (Wildman–Crippen MR) is 84.2 cm³/mol. The quantitative estimate of drug-likeness (QED) is 0.626. The molecule has 1 aromatic carbocycles. The molecule has 0 saturated heterocycles. The molecular weight excluding hydrogens is 301 g/mol. The number of hydrogen-bond acceptors (Lipinski definition) is 5. The lowest BCUT2D eigenvalue weighted by Gasteiger charge is -1.99. The first-order valence-electron chi connectivity index (χ1n) is 6.56. The van der Waals surface area contributed by atoms with Crippen LogP contribution in [0.2, 0.25) is 0 Å². The molecule has 4 rings (SSSR count). The van der Waals surface area contributed by atoms with Gasteiger partial charge in [0.1, 0.15) is 5.82 Å². The summed E-state index contributed by atoms with van der Waals surface area (Å²) < 4.78 is 15.8. The van der Waals surface area contributed by atoms with Gasteiger partial charge < -0.3 is 5.32 Å². The van der Waals surface area contributed by atoms with Crippen LogP contribution in [0.4, 0.5) is 15.2 Å². The first-order chi connectivity index (χ1) is 10.8. The third-order valence-electron chi connectivity index (χ3n) is 3.11. The summed E-state index contributed by atoms with van der Waals surface area (Å²) in [6.45, 7) is 0. The van der Waals surface area contributed by atoms with Gasteiger partial charge in [0, 0.05) is 12.4 Å². The van der Waals surface area contributed by atoms with Crippen LogP contribution in [-0.4, -0.2) is 19.7 Å². The van der Waals surface area contributed by atoms with Crippen LogP contribution in [0.15, 0.2) is 55.1 Å². The molecule has 0 spiro atoms. The maximum absolute atomic E-state index is 13.2. The highest BCUT2D eigenvalue weighted by molar-refractivity contribution is 7.22. The van der Waals surface area contributed by atoms with Gasteiger partial charge in [-0.1, -0.05) is 11.3 Å². The van der Waals surface area contributed by atoms with Crippen molar-refractivity contribution in [2.75, 3.05) is 5.32 Å². The zero-order chi connectivity index (χ0) is 14.9. The molecule has 3 heterocycles. The second-order valence-electron chi connectivity index (χ2n) is 4.64. The van der Waals surface area contributed by atoms with Crippen LogP contribution in [0.5, 0.6) is 0 Å². The van der Waals surface area contributed by atoms with Gasteiger partial charge in [-0.2, -0.15) is 5.10 Å². The fourth-order valence-electron chi connectivity index (χ4n) is 2.10. The van der Waals surface area contributed by atoms with E-state index >= 15 is 0 Å². The van der Waals surface area contributed by atoms with Crippen molar-refractivity contribution >= 4 is 32.4 Å². The van der Waals surface area contributed by atoms with Crippen LogP contribution < -0.4 is 5.32 Å². The average Bonchev–Trinajstić information content (AvgIpc) is 3.14. The fourth-order valence-corrected chi connectivity index (χ4v) is 3.01. The third kappa shape index (κ3) is 2.42. The van der Waals surface area contributed by atoms with Crippen molar-refractivity contribution in [2.24, 2.45) is 0 Å². The molecule has 1 N–H and O–H groups in total. The van der Waals surface area contributed by atoms with E-state index < -0.39 is 0 Å². The number of thiazole rings is 1. The maximum atomic E-state index is 13.2. The lowest BCUT2D eigenvalue weighted by atomic mass is 10.3. The Labute approximate surface area is 129 Å². The Morgan fingerprint density at radius 3 is 2.86 bits per heavy atom. The molecule has 3 aromatic heterocycles. The Balaban J connectivity index is 1.61. The number of rotatable bonds is 3. The van der Waals surface area contributed by atoms with Gasteiger partial charge in [-0.05, 0) is 30.3 Å². The second-order valence-corrected chi connectivity index (χ2v) is 5.67. The number of fused-ring (bicyclic) bond motifs is 1. The van der Waals surface area contributed by atoms with Crippen molar-refractivity contribution in [2.45, 2.75) is 0 Å². The number of nitrogens with one attached hydrogen (secondary N) is 1. The lowest BCUT2D eigenvalue weighted by molar-refractivity contribution is 0.630. The number of pyridine rings is 1. The topological polar surface area (TPSA) is 55.6 Å². The van der Waals surface area contributed by atoms with Gasteiger partial charge in [0.2, 0.25) is 0 Å². The highest BCUT2D eigenvalue weighted by atomic mass is 32.1. The molecule has 108 valence electrons. The minimum atomic E-state index is -0.256. The van der Waals surface area contributed by atoms with Crippen molar-refractivity contribution in [1.29, 1.82) is 0 Å². The monoisotopic (exact) mass is 311 g/mol. The van der Waals surface area contributed by atoms with Crippen molar-refractivity contribution in [1.82, 2.24) is 19.7 Å². The molecule has 0 amide bonds. The van der Waals surface area contributed by atoms with E-state index in [1.807, 2.05) is 18.3 Å². The van der Waals surface area contributed by atoms with E-state index in [9.17, 15) is 4.39 Å². The molecule has 0 bridgehead atoms. The molecule has 0 aliphatic heterocycles. The number of benzene rings is 1. The summed E-state index contributed by atoms with van der Waals surface area (Å²) in [4.78, 5) is 8.41. The van der Waals surface area contributed by atoms with E-state index in [1.165, 1.54) is 23.5 Å². The van der Waals surface area contributed by atoms with Gasteiger partial charge in [-0.25, -0.2) is 14.1 Å².